The van der Waals surface area contributed by atoms with E-state index in [1.165, 1.54) is 6.21 Å². The van der Waals surface area contributed by atoms with E-state index in [2.05, 4.69) is 4.99 Å². The van der Waals surface area contributed by atoms with Crippen LogP contribution in [0.2, 0.25) is 0 Å². The summed E-state index contributed by atoms with van der Waals surface area (Å²) in [5, 5.41) is 6.86. The van der Waals surface area contributed by atoms with Crippen LogP contribution in [0.25, 0.3) is 0 Å². The minimum Gasteiger partial charge on any atom is -0.319 e. The second-order valence-corrected chi connectivity index (χ2v) is 2.25. The summed E-state index contributed by atoms with van der Waals surface area (Å²) in [6.45, 7) is 4.10. The van der Waals surface area contributed by atoms with E-state index in [0.717, 1.165) is 0 Å². The number of nitrogens with two attached hydrogens (primary N) is 1. The molecule has 0 aliphatic rings. The SMILES string of the molecule is C/C=N\CC(C)(N)C=N. The summed E-state index contributed by atoms with van der Waals surface area (Å²) in [5.41, 5.74) is 4.98. The third-order valence-electron chi connectivity index (χ3n) is 0.944. The molecule has 0 bridgehead atoms. The molecule has 0 aliphatic carbocycles. The van der Waals surface area contributed by atoms with E-state index in [4.69, 9.17) is 11.1 Å². The monoisotopic (exact) mass is 127 g/mol. The fourth-order valence-corrected chi connectivity index (χ4v) is 0.334. The average Bonchev–Trinajstić information content (AvgIpc) is 1.84. The molecule has 1 unspecified atom stereocenters. The fourth-order valence-electron chi connectivity index (χ4n) is 0.334. The third-order valence-corrected chi connectivity index (χ3v) is 0.944. The topological polar surface area (TPSA) is 62.2 Å². The number of hydrogen-bond donors (Lipinski definition) is 2. The van der Waals surface area contributed by atoms with Crippen LogP contribution < -0.4 is 5.73 Å². The molecule has 0 amide bonds. The maximum atomic E-state index is 6.86. The molecule has 0 heterocycles. The smallest absolute Gasteiger partial charge is 0.0675 e. The molecule has 0 spiro atoms. The van der Waals surface area contributed by atoms with Gasteiger partial charge in [0.05, 0.1) is 12.1 Å². The summed E-state index contributed by atoms with van der Waals surface area (Å²) in [5.74, 6) is 0. The number of nitrogens with zero attached hydrogens (tertiary/aromatic N) is 1. The molecule has 52 valence electrons. The molecule has 0 aromatic rings. The van der Waals surface area contributed by atoms with Gasteiger partial charge in [-0.3, -0.25) is 4.99 Å². The van der Waals surface area contributed by atoms with Gasteiger partial charge >= 0.3 is 0 Å². The Morgan fingerprint density at radius 1 is 1.78 bits per heavy atom. The van der Waals surface area contributed by atoms with Crippen LogP contribution in [-0.4, -0.2) is 24.5 Å². The van der Waals surface area contributed by atoms with Gasteiger partial charge in [0.2, 0.25) is 0 Å². The van der Waals surface area contributed by atoms with Crippen LogP contribution in [-0.2, 0) is 0 Å². The number of rotatable bonds is 3. The Bertz CT molecular complexity index is 115. The Balaban J connectivity index is 3.71. The molecule has 3 nitrogen and oxygen atoms in total. The van der Waals surface area contributed by atoms with Crippen molar-refractivity contribution in [3.8, 4) is 0 Å². The first-order valence-electron chi connectivity index (χ1n) is 2.87. The van der Waals surface area contributed by atoms with Crippen LogP contribution in [0.4, 0.5) is 0 Å². The molecular formula is C6H13N3. The van der Waals surface area contributed by atoms with Crippen LogP contribution >= 0.6 is 0 Å². The van der Waals surface area contributed by atoms with Gasteiger partial charge in [0.25, 0.3) is 0 Å². The van der Waals surface area contributed by atoms with Gasteiger partial charge in [0.15, 0.2) is 0 Å². The first-order valence-corrected chi connectivity index (χ1v) is 2.87. The first kappa shape index (κ1) is 8.30. The van der Waals surface area contributed by atoms with Gasteiger partial charge in [-0.25, -0.2) is 0 Å². The lowest BCUT2D eigenvalue weighted by molar-refractivity contribution is 0.650. The fraction of sp³-hybridized carbons (Fsp3) is 0.667. The molecule has 9 heavy (non-hydrogen) atoms. The Morgan fingerprint density at radius 3 is 2.67 bits per heavy atom. The van der Waals surface area contributed by atoms with Gasteiger partial charge in [-0.15, -0.1) is 0 Å². The molecule has 1 atom stereocenters. The van der Waals surface area contributed by atoms with Crippen molar-refractivity contribution in [1.82, 2.24) is 0 Å². The third kappa shape index (κ3) is 3.85. The summed E-state index contributed by atoms with van der Waals surface area (Å²) in [7, 11) is 0. The second-order valence-electron chi connectivity index (χ2n) is 2.25. The standard InChI is InChI=1S/C6H13N3/c1-3-9-5-6(2,8)4-7/h3-4,7H,5,8H2,1-2H3/b7-4?,9-3-. The van der Waals surface area contributed by atoms with E-state index < -0.39 is 5.54 Å². The van der Waals surface area contributed by atoms with Crippen molar-refractivity contribution in [2.24, 2.45) is 10.7 Å². The van der Waals surface area contributed by atoms with Crippen LogP contribution in [0, 0.1) is 5.41 Å². The molecule has 0 aliphatic heterocycles. The normalized spacial score (nSPS) is 17.7. The molecular weight excluding hydrogens is 114 g/mol. The lowest BCUT2D eigenvalue weighted by Gasteiger charge is -2.14. The van der Waals surface area contributed by atoms with Crippen LogP contribution in [0.3, 0.4) is 0 Å². The maximum Gasteiger partial charge on any atom is 0.0675 e. The highest BCUT2D eigenvalue weighted by atomic mass is 14.8. The lowest BCUT2D eigenvalue weighted by Crippen LogP contribution is -2.40. The summed E-state index contributed by atoms with van der Waals surface area (Å²) in [6, 6.07) is 0. The van der Waals surface area contributed by atoms with E-state index >= 15 is 0 Å². The Kier molecular flexibility index (Phi) is 3.09. The van der Waals surface area contributed by atoms with Crippen molar-refractivity contribution >= 4 is 12.4 Å². The minimum absolute atomic E-state index is 0.493. The molecule has 0 fully saturated rings. The van der Waals surface area contributed by atoms with Crippen molar-refractivity contribution in [2.75, 3.05) is 6.54 Å². The van der Waals surface area contributed by atoms with Gasteiger partial charge in [0.1, 0.15) is 0 Å². The molecule has 0 aromatic heterocycles. The Hall–Kier alpha value is -0.700. The quantitative estimate of drug-likeness (QED) is 0.531. The van der Waals surface area contributed by atoms with E-state index in [1.807, 2.05) is 6.92 Å². The highest BCUT2D eigenvalue weighted by molar-refractivity contribution is 5.67. The molecule has 0 radical (unpaired) electrons. The highest BCUT2D eigenvalue weighted by Gasteiger charge is 2.11. The zero-order valence-corrected chi connectivity index (χ0v) is 5.89. The van der Waals surface area contributed by atoms with Gasteiger partial charge < -0.3 is 11.1 Å². The Labute approximate surface area is 55.5 Å². The largest absolute Gasteiger partial charge is 0.319 e. The average molecular weight is 127 g/mol. The van der Waals surface area contributed by atoms with Gasteiger partial charge in [0, 0.05) is 6.21 Å². The maximum absolute atomic E-state index is 6.86. The summed E-state index contributed by atoms with van der Waals surface area (Å²) in [4.78, 5) is 3.91. The van der Waals surface area contributed by atoms with Crippen molar-refractivity contribution in [3.63, 3.8) is 0 Å². The van der Waals surface area contributed by atoms with Crippen LogP contribution in [0.5, 0.6) is 0 Å². The van der Waals surface area contributed by atoms with E-state index in [1.54, 1.807) is 13.1 Å². The number of hydrogen-bond acceptors (Lipinski definition) is 3. The molecule has 0 rings (SSSR count). The molecule has 3 N–H and O–H groups in total. The van der Waals surface area contributed by atoms with Crippen molar-refractivity contribution in [3.05, 3.63) is 0 Å². The molecule has 0 saturated carbocycles. The van der Waals surface area contributed by atoms with Crippen molar-refractivity contribution in [1.29, 1.82) is 5.41 Å². The zero-order valence-electron chi connectivity index (χ0n) is 5.89. The van der Waals surface area contributed by atoms with Gasteiger partial charge in [-0.1, -0.05) is 0 Å². The lowest BCUT2D eigenvalue weighted by atomic mass is 10.1. The molecule has 0 aromatic carbocycles. The Morgan fingerprint density at radius 2 is 2.33 bits per heavy atom. The van der Waals surface area contributed by atoms with E-state index in [0.29, 0.717) is 6.54 Å². The predicted molar refractivity (Wildman–Crippen MR) is 40.4 cm³/mol. The summed E-state index contributed by atoms with van der Waals surface area (Å²) < 4.78 is 0. The second kappa shape index (κ2) is 3.35. The first-order chi connectivity index (χ1) is 4.12. The highest BCUT2D eigenvalue weighted by Crippen LogP contribution is 1.92. The zero-order chi connectivity index (χ0) is 7.33. The predicted octanol–water partition coefficient (Wildman–Crippen LogP) is 0.444. The molecule has 0 saturated heterocycles. The van der Waals surface area contributed by atoms with Crippen molar-refractivity contribution < 1.29 is 0 Å². The number of nitrogens with one attached hydrogen (secondary N) is 1. The number of aliphatic imine (C=N–C) groups is 1. The summed E-state index contributed by atoms with van der Waals surface area (Å²) in [6.07, 6.45) is 2.90. The summed E-state index contributed by atoms with van der Waals surface area (Å²) >= 11 is 0. The van der Waals surface area contributed by atoms with Crippen molar-refractivity contribution in [2.45, 2.75) is 19.4 Å². The van der Waals surface area contributed by atoms with Gasteiger partial charge in [-0.05, 0) is 20.1 Å². The van der Waals surface area contributed by atoms with E-state index in [9.17, 15) is 0 Å². The van der Waals surface area contributed by atoms with E-state index in [-0.39, 0.29) is 0 Å². The van der Waals surface area contributed by atoms with Gasteiger partial charge in [-0.2, -0.15) is 0 Å². The minimum atomic E-state index is -0.563. The molecule has 3 heteroatoms. The van der Waals surface area contributed by atoms with Crippen LogP contribution in [0.1, 0.15) is 13.8 Å². The van der Waals surface area contributed by atoms with Crippen LogP contribution in [0.15, 0.2) is 4.99 Å².